The average Bonchev–Trinajstić information content (AvgIpc) is 3.45. The molecule has 16 heteroatoms. The first-order valence-corrected chi connectivity index (χ1v) is 13.5. The molecule has 2 amide bonds. The molecule has 3 aromatic rings. The lowest BCUT2D eigenvalue weighted by Gasteiger charge is -2.36. The Balaban J connectivity index is 1.53. The maximum absolute atomic E-state index is 14.5. The number of halogens is 4. The SMILES string of the molecule is [2H]C([2H])(N)C(=O)N1CCN(c2c(CC)n(CC(=O)Nc3ccc(C(F)(F)F)cc3F)c3nc(C4=CCOCC4)nn3c2=O)CC1. The summed E-state index contributed by atoms with van der Waals surface area (Å²) < 4.78 is 76.5. The third-order valence-electron chi connectivity index (χ3n) is 7.29. The van der Waals surface area contributed by atoms with E-state index in [4.69, 9.17) is 13.2 Å². The summed E-state index contributed by atoms with van der Waals surface area (Å²) in [5.41, 5.74) is 4.43. The molecule has 0 atom stereocenters. The molecule has 12 nitrogen and oxygen atoms in total. The standard InChI is InChI=1S/C27H30F4N8O4/c1-2-20-23(37-9-7-36(8-10-37)22(41)14-32)25(42)39-26(34-24(35-39)16-5-11-43-12-6-16)38(20)15-21(40)33-19-4-3-17(13-18(19)28)27(29,30)31/h3-5,13H,2,6-12,14-15,32H2,1H3,(H,33,40)/i14D2. The smallest absolute Gasteiger partial charge is 0.377 e. The predicted octanol–water partition coefficient (Wildman–Crippen LogP) is 1.66. The van der Waals surface area contributed by atoms with Crippen LogP contribution in [-0.4, -0.2) is 81.8 Å². The lowest BCUT2D eigenvalue weighted by molar-refractivity contribution is -0.137. The van der Waals surface area contributed by atoms with Crippen LogP contribution in [0.2, 0.25) is 0 Å². The number of hydrogen-bond donors (Lipinski definition) is 2. The number of benzene rings is 1. The number of alkyl halides is 3. The van der Waals surface area contributed by atoms with Crippen molar-refractivity contribution in [2.24, 2.45) is 5.73 Å². The zero-order valence-electron chi connectivity index (χ0n) is 25.1. The van der Waals surface area contributed by atoms with Crippen molar-refractivity contribution >= 4 is 34.5 Å². The van der Waals surface area contributed by atoms with Crippen LogP contribution in [0.5, 0.6) is 0 Å². The van der Waals surface area contributed by atoms with Crippen molar-refractivity contribution in [2.75, 3.05) is 56.1 Å². The molecule has 0 saturated carbocycles. The number of hydrogen-bond acceptors (Lipinski definition) is 8. The first kappa shape index (κ1) is 27.5. The summed E-state index contributed by atoms with van der Waals surface area (Å²) in [6.45, 7) is -0.137. The van der Waals surface area contributed by atoms with Gasteiger partial charge in [0.2, 0.25) is 17.6 Å². The summed E-state index contributed by atoms with van der Waals surface area (Å²) in [5, 5.41) is 6.73. The Morgan fingerprint density at radius 2 is 1.95 bits per heavy atom. The van der Waals surface area contributed by atoms with Gasteiger partial charge in [-0.15, -0.1) is 5.10 Å². The molecule has 1 saturated heterocycles. The number of anilines is 2. The van der Waals surface area contributed by atoms with E-state index in [9.17, 15) is 31.9 Å². The number of carbonyl (C=O) groups is 2. The number of nitrogens with two attached hydrogens (primary N) is 1. The Morgan fingerprint density at radius 1 is 1.21 bits per heavy atom. The number of nitrogens with zero attached hydrogens (tertiary/aromatic N) is 6. The van der Waals surface area contributed by atoms with E-state index in [1.807, 2.05) is 0 Å². The summed E-state index contributed by atoms with van der Waals surface area (Å²) in [5.74, 6) is -2.68. The van der Waals surface area contributed by atoms with Crippen molar-refractivity contribution in [3.05, 3.63) is 57.5 Å². The normalized spacial score (nSPS) is 17.0. The summed E-state index contributed by atoms with van der Waals surface area (Å²) in [4.78, 5) is 47.1. The predicted molar refractivity (Wildman–Crippen MR) is 148 cm³/mol. The summed E-state index contributed by atoms with van der Waals surface area (Å²) >= 11 is 0. The highest BCUT2D eigenvalue weighted by molar-refractivity contribution is 5.91. The van der Waals surface area contributed by atoms with E-state index in [0.717, 1.165) is 16.2 Å². The number of ether oxygens (including phenoxy) is 1. The second-order valence-corrected chi connectivity index (χ2v) is 9.91. The molecular weight excluding hydrogens is 576 g/mol. The molecule has 2 aliphatic rings. The Hall–Kier alpha value is -4.31. The van der Waals surface area contributed by atoms with Gasteiger partial charge in [-0.05, 0) is 36.6 Å². The third-order valence-corrected chi connectivity index (χ3v) is 7.29. The van der Waals surface area contributed by atoms with Crippen LogP contribution in [0.25, 0.3) is 11.4 Å². The van der Waals surface area contributed by atoms with E-state index in [1.165, 1.54) is 9.47 Å². The minimum atomic E-state index is -4.77. The first-order chi connectivity index (χ1) is 21.2. The van der Waals surface area contributed by atoms with E-state index < -0.39 is 53.7 Å². The summed E-state index contributed by atoms with van der Waals surface area (Å²) in [6, 6.07) is 1.76. The number of carbonyl (C=O) groups excluding carboxylic acids is 2. The van der Waals surface area contributed by atoms with Crippen LogP contribution in [0.1, 0.15) is 33.2 Å². The van der Waals surface area contributed by atoms with E-state index in [0.29, 0.717) is 31.4 Å². The van der Waals surface area contributed by atoms with Gasteiger partial charge in [-0.3, -0.25) is 14.4 Å². The van der Waals surface area contributed by atoms with Crippen molar-refractivity contribution in [2.45, 2.75) is 32.5 Å². The molecule has 43 heavy (non-hydrogen) atoms. The van der Waals surface area contributed by atoms with Crippen LogP contribution in [0.15, 0.2) is 29.1 Å². The van der Waals surface area contributed by atoms with Crippen LogP contribution in [0.4, 0.5) is 28.9 Å². The highest BCUT2D eigenvalue weighted by atomic mass is 19.4. The lowest BCUT2D eigenvalue weighted by Crippen LogP contribution is -2.52. The van der Waals surface area contributed by atoms with Gasteiger partial charge in [0, 0.05) is 26.2 Å². The highest BCUT2D eigenvalue weighted by Gasteiger charge is 2.32. The fourth-order valence-corrected chi connectivity index (χ4v) is 5.15. The number of amides is 2. The molecular formula is C27H30F4N8O4. The van der Waals surface area contributed by atoms with Crippen LogP contribution < -0.4 is 21.5 Å². The number of rotatable bonds is 7. The van der Waals surface area contributed by atoms with Crippen molar-refractivity contribution in [1.82, 2.24) is 24.1 Å². The highest BCUT2D eigenvalue weighted by Crippen LogP contribution is 2.31. The molecule has 230 valence electrons. The third kappa shape index (κ3) is 6.10. The second-order valence-electron chi connectivity index (χ2n) is 9.91. The van der Waals surface area contributed by atoms with Gasteiger partial charge >= 0.3 is 6.18 Å². The Labute approximate surface area is 245 Å². The minimum absolute atomic E-state index is 0.0242. The maximum Gasteiger partial charge on any atom is 0.416 e. The van der Waals surface area contributed by atoms with Gasteiger partial charge < -0.3 is 30.2 Å². The molecule has 0 spiro atoms. The van der Waals surface area contributed by atoms with Gasteiger partial charge in [0.15, 0.2) is 5.82 Å². The van der Waals surface area contributed by atoms with Gasteiger partial charge in [-0.25, -0.2) is 4.39 Å². The molecule has 2 aromatic heterocycles. The van der Waals surface area contributed by atoms with E-state index in [1.54, 1.807) is 17.9 Å². The Bertz CT molecular complexity index is 1730. The van der Waals surface area contributed by atoms with Gasteiger partial charge in [0.25, 0.3) is 5.56 Å². The van der Waals surface area contributed by atoms with Crippen molar-refractivity contribution in [1.29, 1.82) is 0 Å². The average molecular weight is 609 g/mol. The number of nitrogens with one attached hydrogen (secondary N) is 1. The fraction of sp³-hybridized carbons (Fsp3) is 0.444. The number of piperazine rings is 1. The zero-order chi connectivity index (χ0) is 32.7. The van der Waals surface area contributed by atoms with Gasteiger partial charge in [0.05, 0.1) is 39.4 Å². The zero-order valence-corrected chi connectivity index (χ0v) is 23.1. The monoisotopic (exact) mass is 608 g/mol. The van der Waals surface area contributed by atoms with E-state index in [-0.39, 0.29) is 56.0 Å². The van der Waals surface area contributed by atoms with Crippen LogP contribution in [0.3, 0.4) is 0 Å². The molecule has 0 bridgehead atoms. The van der Waals surface area contributed by atoms with Crippen LogP contribution in [0, 0.1) is 5.82 Å². The second kappa shape index (κ2) is 12.1. The maximum atomic E-state index is 14.5. The Kier molecular flexibility index (Phi) is 7.76. The number of fused-ring (bicyclic) bond motifs is 1. The van der Waals surface area contributed by atoms with Gasteiger partial charge in [-0.1, -0.05) is 13.0 Å². The van der Waals surface area contributed by atoms with Gasteiger partial charge in [0.1, 0.15) is 18.0 Å². The van der Waals surface area contributed by atoms with Crippen molar-refractivity contribution in [3.63, 3.8) is 0 Å². The molecule has 5 rings (SSSR count). The molecule has 0 radical (unpaired) electrons. The molecule has 3 N–H and O–H groups in total. The topological polar surface area (TPSA) is 140 Å². The Morgan fingerprint density at radius 3 is 2.56 bits per heavy atom. The minimum Gasteiger partial charge on any atom is -0.377 e. The quantitative estimate of drug-likeness (QED) is 0.386. The molecule has 0 unspecified atom stereocenters. The van der Waals surface area contributed by atoms with E-state index >= 15 is 0 Å². The lowest BCUT2D eigenvalue weighted by atomic mass is 10.1. The molecule has 2 aliphatic heterocycles. The summed E-state index contributed by atoms with van der Waals surface area (Å²) in [7, 11) is 0. The molecule has 1 aromatic carbocycles. The van der Waals surface area contributed by atoms with Crippen LogP contribution in [-0.2, 0) is 33.5 Å². The largest absolute Gasteiger partial charge is 0.416 e. The first-order valence-electron chi connectivity index (χ1n) is 14.5. The summed E-state index contributed by atoms with van der Waals surface area (Å²) in [6.07, 6.45) is -2.28. The molecule has 0 aliphatic carbocycles. The van der Waals surface area contributed by atoms with Crippen molar-refractivity contribution < 1.29 is 34.6 Å². The van der Waals surface area contributed by atoms with Crippen LogP contribution >= 0.6 is 0 Å². The van der Waals surface area contributed by atoms with E-state index in [2.05, 4.69) is 15.4 Å². The number of aromatic nitrogens is 4. The molecule has 1 fully saturated rings. The van der Waals surface area contributed by atoms with Crippen molar-refractivity contribution in [3.8, 4) is 0 Å². The fourth-order valence-electron chi connectivity index (χ4n) is 5.15. The molecule has 4 heterocycles. The van der Waals surface area contributed by atoms with Gasteiger partial charge in [-0.2, -0.15) is 22.7 Å².